The van der Waals surface area contributed by atoms with Crippen molar-refractivity contribution in [1.82, 2.24) is 0 Å². The van der Waals surface area contributed by atoms with Crippen molar-refractivity contribution in [2.24, 2.45) is 23.2 Å². The molecule has 2 N–H and O–H groups in total. The fraction of sp³-hybridized carbons (Fsp3) is 0.565. The molecule has 126 valence electrons. The van der Waals surface area contributed by atoms with Gasteiger partial charge in [0.2, 0.25) is 0 Å². The summed E-state index contributed by atoms with van der Waals surface area (Å²) >= 11 is 0. The summed E-state index contributed by atoms with van der Waals surface area (Å²) in [6.07, 6.45) is 9.03. The molecule has 3 aliphatic rings. The Balaban J connectivity index is 1.67. The van der Waals surface area contributed by atoms with E-state index in [1.165, 1.54) is 61.6 Å². The minimum Gasteiger partial charge on any atom is -0.398 e. The Kier molecular flexibility index (Phi) is 3.75. The molecule has 4 atom stereocenters. The molecule has 0 heterocycles. The Morgan fingerprint density at radius 1 is 1.17 bits per heavy atom. The van der Waals surface area contributed by atoms with E-state index in [1.54, 1.807) is 0 Å². The van der Waals surface area contributed by atoms with Crippen LogP contribution >= 0.6 is 0 Å². The molecule has 0 bridgehead atoms. The van der Waals surface area contributed by atoms with Crippen molar-refractivity contribution in [1.29, 1.82) is 0 Å². The van der Waals surface area contributed by atoms with Gasteiger partial charge in [0.1, 0.15) is 0 Å². The average molecular weight is 319 g/mol. The van der Waals surface area contributed by atoms with Gasteiger partial charge in [0.05, 0.1) is 0 Å². The molecule has 1 aromatic carbocycles. The molecule has 1 aromatic rings. The molecule has 3 aliphatic carbocycles. The maximum Gasteiger partial charge on any atom is 0.0477 e. The number of rotatable bonds is 0. The Bertz CT molecular complexity index is 747. The number of nitrogen functional groups attached to an aromatic ring is 1. The van der Waals surface area contributed by atoms with E-state index in [2.05, 4.69) is 37.5 Å². The lowest BCUT2D eigenvalue weighted by atomic mass is 9.58. The van der Waals surface area contributed by atoms with Gasteiger partial charge in [0, 0.05) is 11.3 Å². The second-order valence-electron chi connectivity index (χ2n) is 8.45. The van der Waals surface area contributed by atoms with Gasteiger partial charge in [-0.15, -0.1) is 5.92 Å². The van der Waals surface area contributed by atoms with Crippen molar-refractivity contribution in [2.75, 3.05) is 5.73 Å². The van der Waals surface area contributed by atoms with Crippen LogP contribution in [0.1, 0.15) is 62.6 Å². The van der Waals surface area contributed by atoms with Crippen molar-refractivity contribution < 1.29 is 0 Å². The van der Waals surface area contributed by atoms with Crippen LogP contribution in [0, 0.1) is 35.0 Å². The van der Waals surface area contributed by atoms with Gasteiger partial charge in [-0.3, -0.25) is 0 Å². The van der Waals surface area contributed by atoms with Crippen LogP contribution in [-0.4, -0.2) is 0 Å². The summed E-state index contributed by atoms with van der Waals surface area (Å²) in [6.45, 7) is 8.80. The normalized spacial score (nSPS) is 34.4. The molecule has 4 rings (SSSR count). The van der Waals surface area contributed by atoms with Crippen LogP contribution in [0.4, 0.5) is 5.69 Å². The zero-order valence-corrected chi connectivity index (χ0v) is 15.1. The largest absolute Gasteiger partial charge is 0.398 e. The van der Waals surface area contributed by atoms with Crippen molar-refractivity contribution in [3.05, 3.63) is 41.0 Å². The topological polar surface area (TPSA) is 26.0 Å². The smallest absolute Gasteiger partial charge is 0.0477 e. The minimum absolute atomic E-state index is 0.412. The molecular formula is C23H29N. The molecule has 2 fully saturated rings. The molecule has 2 saturated carbocycles. The highest BCUT2D eigenvalue weighted by Gasteiger charge is 2.50. The first-order valence-electron chi connectivity index (χ1n) is 9.55. The van der Waals surface area contributed by atoms with E-state index < -0.39 is 0 Å². The number of fused-ring (bicyclic) bond motifs is 4. The van der Waals surface area contributed by atoms with Gasteiger partial charge in [-0.05, 0) is 98.3 Å². The first-order valence-corrected chi connectivity index (χ1v) is 9.55. The zero-order valence-electron chi connectivity index (χ0n) is 15.1. The molecule has 0 aliphatic heterocycles. The van der Waals surface area contributed by atoms with Crippen LogP contribution in [-0.2, 0) is 12.8 Å². The third-order valence-corrected chi connectivity index (χ3v) is 7.40. The first kappa shape index (κ1) is 15.8. The summed E-state index contributed by atoms with van der Waals surface area (Å²) in [5.74, 6) is 8.73. The van der Waals surface area contributed by atoms with Crippen LogP contribution in [0.15, 0.2) is 24.3 Å². The number of aryl methyl sites for hydroxylation is 1. The van der Waals surface area contributed by atoms with Gasteiger partial charge in [0.15, 0.2) is 0 Å². The Morgan fingerprint density at radius 2 is 2.00 bits per heavy atom. The molecule has 0 amide bonds. The predicted octanol–water partition coefficient (Wildman–Crippen LogP) is 5.13. The second-order valence-corrected chi connectivity index (χ2v) is 8.45. The average Bonchev–Trinajstić information content (AvgIpc) is 2.75. The predicted molar refractivity (Wildman–Crippen MR) is 102 cm³/mol. The number of hydrogen-bond acceptors (Lipinski definition) is 1. The quantitative estimate of drug-likeness (QED) is 0.400. The lowest BCUT2D eigenvalue weighted by Gasteiger charge is -2.46. The Morgan fingerprint density at radius 3 is 2.79 bits per heavy atom. The van der Waals surface area contributed by atoms with Crippen LogP contribution in [0.5, 0.6) is 0 Å². The zero-order chi connectivity index (χ0) is 16.9. The van der Waals surface area contributed by atoms with Gasteiger partial charge in [-0.2, -0.15) is 0 Å². The molecule has 1 nitrogen and oxygen atoms in total. The van der Waals surface area contributed by atoms with Crippen LogP contribution < -0.4 is 5.73 Å². The van der Waals surface area contributed by atoms with Gasteiger partial charge in [-0.1, -0.05) is 25.0 Å². The molecule has 0 spiro atoms. The number of benzene rings is 1. The summed E-state index contributed by atoms with van der Waals surface area (Å²) in [5, 5.41) is 0. The summed E-state index contributed by atoms with van der Waals surface area (Å²) in [5.41, 5.74) is 13.0. The maximum absolute atomic E-state index is 6.24. The van der Waals surface area contributed by atoms with Crippen LogP contribution in [0.3, 0.4) is 0 Å². The fourth-order valence-electron chi connectivity index (χ4n) is 5.94. The van der Waals surface area contributed by atoms with Crippen molar-refractivity contribution in [3.63, 3.8) is 0 Å². The van der Waals surface area contributed by atoms with E-state index in [-0.39, 0.29) is 0 Å². The molecule has 0 radical (unpaired) electrons. The van der Waals surface area contributed by atoms with E-state index in [1.807, 2.05) is 6.92 Å². The van der Waals surface area contributed by atoms with Crippen molar-refractivity contribution >= 4 is 5.69 Å². The van der Waals surface area contributed by atoms with Gasteiger partial charge in [0.25, 0.3) is 0 Å². The minimum atomic E-state index is 0.412. The van der Waals surface area contributed by atoms with Crippen LogP contribution in [0.2, 0.25) is 0 Å². The summed E-state index contributed by atoms with van der Waals surface area (Å²) < 4.78 is 0. The summed E-state index contributed by atoms with van der Waals surface area (Å²) in [7, 11) is 0. The second kappa shape index (κ2) is 5.69. The van der Waals surface area contributed by atoms with Crippen molar-refractivity contribution in [3.8, 4) is 11.8 Å². The Labute approximate surface area is 146 Å². The highest BCUT2D eigenvalue weighted by molar-refractivity contribution is 5.59. The SMILES string of the molecule is C=C1CCC2C3CCc4cc(N)c(C#CC)cc4CC3CC[C@]12C. The Hall–Kier alpha value is -1.68. The highest BCUT2D eigenvalue weighted by atomic mass is 14.6. The van der Waals surface area contributed by atoms with Gasteiger partial charge < -0.3 is 5.73 Å². The summed E-state index contributed by atoms with van der Waals surface area (Å²) in [6, 6.07) is 4.49. The van der Waals surface area contributed by atoms with E-state index in [0.717, 1.165) is 29.0 Å². The van der Waals surface area contributed by atoms with E-state index in [0.29, 0.717) is 5.41 Å². The first-order chi connectivity index (χ1) is 11.5. The maximum atomic E-state index is 6.24. The molecule has 1 heteroatoms. The number of hydrogen-bond donors (Lipinski definition) is 1. The third kappa shape index (κ3) is 2.31. The lowest BCUT2D eigenvalue weighted by molar-refractivity contribution is 0.0573. The van der Waals surface area contributed by atoms with Crippen molar-refractivity contribution in [2.45, 2.75) is 58.8 Å². The standard InChI is InChI=1S/C23H29N/c1-4-5-18-13-19-12-17-10-11-23(3)15(2)6-9-21(23)20(17)8-7-16(19)14-22(18)24/h13-14,17,20-21H,2,6-12,24H2,1,3H3/t17?,20?,21?,23-/m1/s1. The van der Waals surface area contributed by atoms with E-state index in [9.17, 15) is 0 Å². The molecule has 0 aromatic heterocycles. The van der Waals surface area contributed by atoms with E-state index in [4.69, 9.17) is 5.73 Å². The van der Waals surface area contributed by atoms with Gasteiger partial charge in [-0.25, -0.2) is 0 Å². The highest BCUT2D eigenvalue weighted by Crippen LogP contribution is 2.60. The fourth-order valence-corrected chi connectivity index (χ4v) is 5.94. The monoisotopic (exact) mass is 319 g/mol. The number of allylic oxidation sites excluding steroid dienone is 1. The molecule has 0 saturated heterocycles. The lowest BCUT2D eigenvalue weighted by Crippen LogP contribution is -2.39. The number of nitrogens with two attached hydrogens (primary N) is 1. The van der Waals surface area contributed by atoms with E-state index >= 15 is 0 Å². The molecular weight excluding hydrogens is 290 g/mol. The summed E-state index contributed by atoms with van der Waals surface area (Å²) in [4.78, 5) is 0. The number of anilines is 1. The third-order valence-electron chi connectivity index (χ3n) is 7.40. The van der Waals surface area contributed by atoms with Crippen LogP contribution in [0.25, 0.3) is 0 Å². The molecule has 3 unspecified atom stereocenters. The van der Waals surface area contributed by atoms with Gasteiger partial charge >= 0.3 is 0 Å². The molecule has 24 heavy (non-hydrogen) atoms.